The van der Waals surface area contributed by atoms with Crippen LogP contribution >= 0.6 is 15.9 Å². The van der Waals surface area contributed by atoms with Gasteiger partial charge in [-0.3, -0.25) is 13.9 Å². The molecule has 40 heavy (non-hydrogen) atoms. The standard InChI is InChI=1S/C29H34BrN3O6S/c1-5-16-31-29(35)21(2)32(19-22-10-9-11-23(30)17-22)28(34)20-33(40(36,37)25-12-7-6-8-13-25)26-18-24(38-3)14-15-27(26)39-4/h6-15,17-18,21H,5,16,19-20H2,1-4H3,(H,31,35)/t21-/m0/s1. The van der Waals surface area contributed by atoms with Crippen molar-refractivity contribution in [2.75, 3.05) is 31.6 Å². The van der Waals surface area contributed by atoms with E-state index in [1.165, 1.54) is 37.3 Å². The van der Waals surface area contributed by atoms with E-state index in [-0.39, 0.29) is 28.8 Å². The first-order valence-electron chi connectivity index (χ1n) is 12.7. The maximum absolute atomic E-state index is 14.0. The Morgan fingerprint density at radius 3 is 2.33 bits per heavy atom. The second-order valence-electron chi connectivity index (χ2n) is 8.98. The summed E-state index contributed by atoms with van der Waals surface area (Å²) >= 11 is 3.45. The van der Waals surface area contributed by atoms with Crippen LogP contribution in [0.15, 0.2) is 82.2 Å². The van der Waals surface area contributed by atoms with Crippen LogP contribution in [-0.2, 0) is 26.2 Å². The Morgan fingerprint density at radius 1 is 0.975 bits per heavy atom. The molecule has 0 saturated carbocycles. The van der Waals surface area contributed by atoms with Crippen molar-refractivity contribution < 1.29 is 27.5 Å². The number of carbonyl (C=O) groups excluding carboxylic acids is 2. The van der Waals surface area contributed by atoms with Crippen molar-refractivity contribution >= 4 is 43.5 Å². The molecule has 9 nitrogen and oxygen atoms in total. The quantitative estimate of drug-likeness (QED) is 0.295. The van der Waals surface area contributed by atoms with E-state index >= 15 is 0 Å². The van der Waals surface area contributed by atoms with Crippen LogP contribution in [0.4, 0.5) is 5.69 Å². The molecule has 11 heteroatoms. The molecular weight excluding hydrogens is 598 g/mol. The van der Waals surface area contributed by atoms with Gasteiger partial charge in [-0.2, -0.15) is 0 Å². The van der Waals surface area contributed by atoms with E-state index in [2.05, 4.69) is 21.2 Å². The van der Waals surface area contributed by atoms with Crippen molar-refractivity contribution in [2.45, 2.75) is 37.8 Å². The van der Waals surface area contributed by atoms with Gasteiger partial charge >= 0.3 is 0 Å². The Balaban J connectivity index is 2.10. The normalized spacial score (nSPS) is 11.8. The first-order chi connectivity index (χ1) is 19.1. The predicted octanol–water partition coefficient (Wildman–Crippen LogP) is 4.61. The molecule has 0 bridgehead atoms. The maximum atomic E-state index is 14.0. The molecule has 0 saturated heterocycles. The minimum Gasteiger partial charge on any atom is -0.497 e. The van der Waals surface area contributed by atoms with Crippen LogP contribution in [-0.4, -0.2) is 58.5 Å². The number of rotatable bonds is 13. The monoisotopic (exact) mass is 631 g/mol. The molecule has 1 atom stereocenters. The molecule has 0 fully saturated rings. The van der Waals surface area contributed by atoms with Crippen molar-refractivity contribution in [3.8, 4) is 11.5 Å². The van der Waals surface area contributed by atoms with E-state index in [9.17, 15) is 18.0 Å². The number of hydrogen-bond acceptors (Lipinski definition) is 6. The third-order valence-corrected chi connectivity index (χ3v) is 8.49. The highest BCUT2D eigenvalue weighted by molar-refractivity contribution is 9.10. The molecule has 3 aromatic carbocycles. The highest BCUT2D eigenvalue weighted by Crippen LogP contribution is 2.36. The zero-order valence-corrected chi connectivity index (χ0v) is 25.4. The van der Waals surface area contributed by atoms with Gasteiger partial charge in [0.15, 0.2) is 0 Å². The fraction of sp³-hybridized carbons (Fsp3) is 0.310. The summed E-state index contributed by atoms with van der Waals surface area (Å²) in [5, 5.41) is 2.83. The highest BCUT2D eigenvalue weighted by atomic mass is 79.9. The smallest absolute Gasteiger partial charge is 0.264 e. The van der Waals surface area contributed by atoms with Crippen molar-refractivity contribution in [2.24, 2.45) is 0 Å². The zero-order chi connectivity index (χ0) is 29.3. The van der Waals surface area contributed by atoms with Gasteiger partial charge in [0.25, 0.3) is 10.0 Å². The minimum absolute atomic E-state index is 0.0000461. The molecule has 0 aliphatic heterocycles. The van der Waals surface area contributed by atoms with Crippen LogP contribution < -0.4 is 19.1 Å². The van der Waals surface area contributed by atoms with Gasteiger partial charge in [0.05, 0.1) is 24.8 Å². The number of nitrogens with zero attached hydrogens (tertiary/aromatic N) is 2. The number of ether oxygens (including phenoxy) is 2. The highest BCUT2D eigenvalue weighted by Gasteiger charge is 2.34. The van der Waals surface area contributed by atoms with Crippen LogP contribution in [0.2, 0.25) is 0 Å². The molecule has 0 aromatic heterocycles. The molecule has 0 heterocycles. The van der Waals surface area contributed by atoms with E-state index in [1.54, 1.807) is 37.3 Å². The van der Waals surface area contributed by atoms with Crippen LogP contribution in [0.1, 0.15) is 25.8 Å². The average Bonchev–Trinajstić information content (AvgIpc) is 2.97. The summed E-state index contributed by atoms with van der Waals surface area (Å²) in [4.78, 5) is 28.4. The number of carbonyl (C=O) groups is 2. The minimum atomic E-state index is -4.24. The van der Waals surface area contributed by atoms with Gasteiger partial charge in [-0.25, -0.2) is 8.42 Å². The van der Waals surface area contributed by atoms with E-state index < -0.39 is 28.5 Å². The van der Waals surface area contributed by atoms with Gasteiger partial charge in [0, 0.05) is 23.6 Å². The van der Waals surface area contributed by atoms with Gasteiger partial charge in [-0.1, -0.05) is 53.2 Å². The SMILES string of the molecule is CCCNC(=O)[C@H](C)N(Cc1cccc(Br)c1)C(=O)CN(c1cc(OC)ccc1OC)S(=O)(=O)c1ccccc1. The summed E-state index contributed by atoms with van der Waals surface area (Å²) in [6, 6.07) is 19.1. The second-order valence-corrected chi connectivity index (χ2v) is 11.8. The molecule has 3 aromatic rings. The Morgan fingerprint density at radius 2 is 1.70 bits per heavy atom. The van der Waals surface area contributed by atoms with Crippen molar-refractivity contribution in [1.29, 1.82) is 0 Å². The van der Waals surface area contributed by atoms with Crippen LogP contribution in [0.25, 0.3) is 0 Å². The lowest BCUT2D eigenvalue weighted by atomic mass is 10.1. The summed E-state index contributed by atoms with van der Waals surface area (Å²) < 4.78 is 40.6. The van der Waals surface area contributed by atoms with Gasteiger partial charge < -0.3 is 19.7 Å². The summed E-state index contributed by atoms with van der Waals surface area (Å²) in [7, 11) is -1.36. The van der Waals surface area contributed by atoms with Crippen LogP contribution in [0, 0.1) is 0 Å². The number of halogens is 1. The number of anilines is 1. The molecule has 3 rings (SSSR count). The number of amides is 2. The topological polar surface area (TPSA) is 105 Å². The molecular formula is C29H34BrN3O6S. The number of hydrogen-bond donors (Lipinski definition) is 1. The number of nitrogens with one attached hydrogen (secondary N) is 1. The Bertz CT molecular complexity index is 1420. The molecule has 214 valence electrons. The molecule has 2 amide bonds. The lowest BCUT2D eigenvalue weighted by Crippen LogP contribution is -2.51. The van der Waals surface area contributed by atoms with Gasteiger partial charge in [-0.15, -0.1) is 0 Å². The third kappa shape index (κ3) is 7.54. The number of sulfonamides is 1. The zero-order valence-electron chi connectivity index (χ0n) is 23.0. The van der Waals surface area contributed by atoms with Crippen LogP contribution in [0.5, 0.6) is 11.5 Å². The fourth-order valence-electron chi connectivity index (χ4n) is 4.04. The first kappa shape index (κ1) is 31.0. The summed E-state index contributed by atoms with van der Waals surface area (Å²) in [5.74, 6) is -0.277. The summed E-state index contributed by atoms with van der Waals surface area (Å²) in [6.45, 7) is 3.53. The molecule has 0 aliphatic rings. The Hall–Kier alpha value is -3.57. The second kappa shape index (κ2) is 14.2. The summed E-state index contributed by atoms with van der Waals surface area (Å²) in [6.07, 6.45) is 0.733. The Kier molecular flexibility index (Phi) is 11.0. The Labute approximate surface area is 244 Å². The number of methoxy groups -OCH3 is 2. The third-order valence-electron chi connectivity index (χ3n) is 6.22. The molecule has 0 aliphatic carbocycles. The van der Waals surface area contributed by atoms with E-state index in [0.29, 0.717) is 12.3 Å². The average molecular weight is 633 g/mol. The molecule has 0 spiro atoms. The maximum Gasteiger partial charge on any atom is 0.264 e. The van der Waals surface area contributed by atoms with Gasteiger partial charge in [0.1, 0.15) is 24.1 Å². The lowest BCUT2D eigenvalue weighted by Gasteiger charge is -2.32. The number of benzene rings is 3. The lowest BCUT2D eigenvalue weighted by molar-refractivity contribution is -0.139. The fourth-order valence-corrected chi connectivity index (χ4v) is 5.92. The van der Waals surface area contributed by atoms with E-state index in [4.69, 9.17) is 9.47 Å². The summed E-state index contributed by atoms with van der Waals surface area (Å²) in [5.41, 5.74) is 0.902. The molecule has 0 radical (unpaired) electrons. The van der Waals surface area contributed by atoms with Crippen molar-refractivity contribution in [1.82, 2.24) is 10.2 Å². The van der Waals surface area contributed by atoms with E-state index in [1.807, 2.05) is 31.2 Å². The van der Waals surface area contributed by atoms with E-state index in [0.717, 1.165) is 20.8 Å². The van der Waals surface area contributed by atoms with Crippen LogP contribution in [0.3, 0.4) is 0 Å². The van der Waals surface area contributed by atoms with Crippen molar-refractivity contribution in [3.63, 3.8) is 0 Å². The van der Waals surface area contributed by atoms with Crippen molar-refractivity contribution in [3.05, 3.63) is 82.8 Å². The predicted molar refractivity (Wildman–Crippen MR) is 158 cm³/mol. The van der Waals surface area contributed by atoms with Gasteiger partial charge in [0.2, 0.25) is 11.8 Å². The largest absolute Gasteiger partial charge is 0.497 e. The first-order valence-corrected chi connectivity index (χ1v) is 15.0. The van der Waals surface area contributed by atoms with Gasteiger partial charge in [-0.05, 0) is 55.3 Å². The molecule has 1 N–H and O–H groups in total. The molecule has 0 unspecified atom stereocenters.